The normalized spacial score (nSPS) is 18.4. The third kappa shape index (κ3) is 10.8. The molecule has 7 nitrogen and oxygen atoms in total. The predicted molar refractivity (Wildman–Crippen MR) is 145 cm³/mol. The van der Waals surface area contributed by atoms with E-state index in [0.29, 0.717) is 36.6 Å². The van der Waals surface area contributed by atoms with Crippen LogP contribution in [0.25, 0.3) is 0 Å². The van der Waals surface area contributed by atoms with Crippen LogP contribution in [0.1, 0.15) is 109 Å². The van der Waals surface area contributed by atoms with E-state index < -0.39 is 17.7 Å². The number of aldehydes is 1. The highest BCUT2D eigenvalue weighted by Gasteiger charge is 2.42. The molecular formula is C30H46N2O5. The Hall–Kier alpha value is -2.56. The first-order chi connectivity index (χ1) is 17.9. The third-order valence-corrected chi connectivity index (χ3v) is 6.72. The lowest BCUT2D eigenvalue weighted by Crippen LogP contribution is -2.52. The zero-order valence-electron chi connectivity index (χ0n) is 23.0. The van der Waals surface area contributed by atoms with Crippen molar-refractivity contribution in [2.24, 2.45) is 0 Å². The molecule has 0 fully saturated rings. The van der Waals surface area contributed by atoms with Crippen LogP contribution in [0.5, 0.6) is 5.75 Å². The summed E-state index contributed by atoms with van der Waals surface area (Å²) in [6.07, 6.45) is 14.4. The molecule has 0 bridgehead atoms. The van der Waals surface area contributed by atoms with Crippen molar-refractivity contribution in [2.45, 2.75) is 109 Å². The van der Waals surface area contributed by atoms with Crippen LogP contribution >= 0.6 is 0 Å². The summed E-state index contributed by atoms with van der Waals surface area (Å²) < 4.78 is 17.5. The van der Waals surface area contributed by atoms with E-state index in [9.17, 15) is 15.2 Å². The first kappa shape index (κ1) is 30.7. The van der Waals surface area contributed by atoms with Crippen LogP contribution in [0, 0.1) is 11.3 Å². The molecular weight excluding hydrogens is 468 g/mol. The summed E-state index contributed by atoms with van der Waals surface area (Å²) in [5.41, 5.74) is 0.438. The van der Waals surface area contributed by atoms with Crippen molar-refractivity contribution < 1.29 is 24.1 Å². The quantitative estimate of drug-likeness (QED) is 0.131. The molecule has 0 amide bonds. The fourth-order valence-corrected chi connectivity index (χ4v) is 4.49. The maximum absolute atomic E-state index is 11.0. The molecule has 2 rings (SSSR count). The highest BCUT2D eigenvalue weighted by atomic mass is 16.5. The van der Waals surface area contributed by atoms with E-state index in [4.69, 9.17) is 14.2 Å². The van der Waals surface area contributed by atoms with Crippen LogP contribution < -0.4 is 10.1 Å². The number of hydrogen-bond donors (Lipinski definition) is 2. The molecule has 0 spiro atoms. The Morgan fingerprint density at radius 2 is 1.78 bits per heavy atom. The fraction of sp³-hybridized carbons (Fsp3) is 0.667. The summed E-state index contributed by atoms with van der Waals surface area (Å²) in [5.74, 6) is 1.25. The number of aliphatic hydroxyl groups excluding tert-OH is 1. The summed E-state index contributed by atoms with van der Waals surface area (Å²) in [6, 6.07) is 6.94. The zero-order chi connectivity index (χ0) is 26.9. The van der Waals surface area contributed by atoms with Crippen LogP contribution in [-0.2, 0) is 14.3 Å². The van der Waals surface area contributed by atoms with Gasteiger partial charge in [-0.25, -0.2) is 0 Å². The second-order valence-corrected chi connectivity index (χ2v) is 10.3. The maximum atomic E-state index is 11.0. The van der Waals surface area contributed by atoms with E-state index in [1.54, 1.807) is 24.5 Å². The number of benzene rings is 1. The SMILES string of the molecule is CCCCCCCCCCCCO/C(=C\OCCC=O)CNC1c2cc(C#N)ccc2OC(C)(C)C1O. The van der Waals surface area contributed by atoms with Gasteiger partial charge in [0.1, 0.15) is 35.8 Å². The van der Waals surface area contributed by atoms with Crippen LogP contribution in [0.15, 0.2) is 30.2 Å². The van der Waals surface area contributed by atoms with Crippen LogP contribution in [0.4, 0.5) is 0 Å². The number of nitrogens with one attached hydrogen (secondary N) is 1. The molecule has 1 aliphatic heterocycles. The maximum Gasteiger partial charge on any atom is 0.144 e. The topological polar surface area (TPSA) is 101 Å². The minimum absolute atomic E-state index is 0.288. The predicted octanol–water partition coefficient (Wildman–Crippen LogP) is 6.11. The lowest BCUT2D eigenvalue weighted by atomic mass is 9.86. The first-order valence-electron chi connectivity index (χ1n) is 13.9. The van der Waals surface area contributed by atoms with Crippen molar-refractivity contribution in [3.63, 3.8) is 0 Å². The zero-order valence-corrected chi connectivity index (χ0v) is 23.0. The van der Waals surface area contributed by atoms with Crippen molar-refractivity contribution in [2.75, 3.05) is 19.8 Å². The van der Waals surface area contributed by atoms with Gasteiger partial charge in [-0.2, -0.15) is 5.26 Å². The number of aliphatic hydroxyl groups is 1. The standard InChI is InChI=1S/C30H46N2O5/c1-4-5-6-7-8-9-10-11-12-13-19-36-25(23-35-18-14-17-33)22-32-28-26-20-24(21-31)15-16-27(26)37-30(2,3)29(28)34/h15-17,20,23,28-29,32,34H,4-14,18-19,22H2,1-3H3/b25-23-. The molecule has 1 aromatic rings. The van der Waals surface area contributed by atoms with Gasteiger partial charge in [-0.05, 0) is 38.5 Å². The average Bonchev–Trinajstić information content (AvgIpc) is 2.89. The smallest absolute Gasteiger partial charge is 0.144 e. The van der Waals surface area contributed by atoms with Gasteiger partial charge < -0.3 is 29.4 Å². The largest absolute Gasteiger partial charge is 0.497 e. The van der Waals surface area contributed by atoms with Crippen LogP contribution in [0.2, 0.25) is 0 Å². The second kappa shape index (κ2) is 17.0. The Bertz CT molecular complexity index is 877. The highest BCUT2D eigenvalue weighted by molar-refractivity contribution is 5.49. The monoisotopic (exact) mass is 514 g/mol. The molecule has 2 atom stereocenters. The number of nitrogens with zero attached hydrogens (tertiary/aromatic N) is 1. The van der Waals surface area contributed by atoms with Crippen molar-refractivity contribution >= 4 is 6.29 Å². The van der Waals surface area contributed by atoms with Gasteiger partial charge in [-0.15, -0.1) is 0 Å². The van der Waals surface area contributed by atoms with E-state index in [-0.39, 0.29) is 6.61 Å². The van der Waals surface area contributed by atoms with Crippen LogP contribution in [-0.4, -0.2) is 42.9 Å². The molecule has 7 heteroatoms. The minimum Gasteiger partial charge on any atom is -0.497 e. The van der Waals surface area contributed by atoms with Gasteiger partial charge in [-0.1, -0.05) is 64.7 Å². The van der Waals surface area contributed by atoms with Gasteiger partial charge in [0.25, 0.3) is 0 Å². The Morgan fingerprint density at radius 1 is 1.11 bits per heavy atom. The van der Waals surface area contributed by atoms with Gasteiger partial charge in [0.05, 0.1) is 37.4 Å². The van der Waals surface area contributed by atoms with Gasteiger partial charge in [0, 0.05) is 12.0 Å². The van der Waals surface area contributed by atoms with E-state index in [1.165, 1.54) is 51.4 Å². The average molecular weight is 515 g/mol. The number of ether oxygens (including phenoxy) is 3. The van der Waals surface area contributed by atoms with E-state index in [2.05, 4.69) is 18.3 Å². The molecule has 0 saturated carbocycles. The van der Waals surface area contributed by atoms with Crippen molar-refractivity contribution in [1.82, 2.24) is 5.32 Å². The Morgan fingerprint density at radius 3 is 2.43 bits per heavy atom. The molecule has 0 aromatic heterocycles. The number of hydrogen-bond acceptors (Lipinski definition) is 7. The van der Waals surface area contributed by atoms with E-state index in [0.717, 1.165) is 24.7 Å². The summed E-state index contributed by atoms with van der Waals surface area (Å²) >= 11 is 0. The summed E-state index contributed by atoms with van der Waals surface area (Å²) in [6.45, 7) is 7.12. The third-order valence-electron chi connectivity index (χ3n) is 6.72. The highest BCUT2D eigenvalue weighted by Crippen LogP contribution is 2.40. The van der Waals surface area contributed by atoms with Crippen LogP contribution in [0.3, 0.4) is 0 Å². The van der Waals surface area contributed by atoms with Crippen molar-refractivity contribution in [1.29, 1.82) is 5.26 Å². The van der Waals surface area contributed by atoms with Gasteiger partial charge in [0.15, 0.2) is 0 Å². The Balaban J connectivity index is 1.88. The Kier molecular flexibility index (Phi) is 14.1. The number of carbonyl (C=O) groups is 1. The molecule has 37 heavy (non-hydrogen) atoms. The molecule has 2 unspecified atom stereocenters. The van der Waals surface area contributed by atoms with Gasteiger partial charge in [-0.3, -0.25) is 0 Å². The van der Waals surface area contributed by atoms with Crippen molar-refractivity contribution in [3.8, 4) is 11.8 Å². The lowest BCUT2D eigenvalue weighted by molar-refractivity contribution is -0.108. The summed E-state index contributed by atoms with van der Waals surface area (Å²) in [5, 5.41) is 23.8. The van der Waals surface area contributed by atoms with Gasteiger partial charge >= 0.3 is 0 Å². The van der Waals surface area contributed by atoms with E-state index in [1.807, 2.05) is 13.8 Å². The lowest BCUT2D eigenvalue weighted by Gasteiger charge is -2.42. The number of nitriles is 1. The number of unbranched alkanes of at least 4 members (excludes halogenated alkanes) is 9. The van der Waals surface area contributed by atoms with Crippen molar-refractivity contribution in [3.05, 3.63) is 41.3 Å². The molecule has 0 radical (unpaired) electrons. The molecule has 0 saturated heterocycles. The van der Waals surface area contributed by atoms with E-state index >= 15 is 0 Å². The first-order valence-corrected chi connectivity index (χ1v) is 13.9. The second-order valence-electron chi connectivity index (χ2n) is 10.3. The molecule has 0 aliphatic carbocycles. The summed E-state index contributed by atoms with van der Waals surface area (Å²) in [4.78, 5) is 10.6. The van der Waals surface area contributed by atoms with Gasteiger partial charge in [0.2, 0.25) is 0 Å². The Labute approximate surface area is 223 Å². The number of fused-ring (bicyclic) bond motifs is 1. The molecule has 2 N–H and O–H groups in total. The number of rotatable bonds is 19. The minimum atomic E-state index is -0.840. The molecule has 206 valence electrons. The molecule has 1 aromatic carbocycles. The number of carbonyl (C=O) groups excluding carboxylic acids is 1. The molecule has 1 heterocycles. The molecule has 1 aliphatic rings. The fourth-order valence-electron chi connectivity index (χ4n) is 4.49. The summed E-state index contributed by atoms with van der Waals surface area (Å²) in [7, 11) is 0.